The summed E-state index contributed by atoms with van der Waals surface area (Å²) in [5.41, 5.74) is 2.76. The van der Waals surface area contributed by atoms with Crippen LogP contribution in [0.2, 0.25) is 0 Å². The molecule has 0 atom stereocenters. The summed E-state index contributed by atoms with van der Waals surface area (Å²) < 4.78 is 5.17. The first kappa shape index (κ1) is 27.3. The maximum Gasteiger partial charge on any atom is 0.191 e. The zero-order valence-corrected chi connectivity index (χ0v) is 22.6. The van der Waals surface area contributed by atoms with Crippen LogP contribution in [0.25, 0.3) is 0 Å². The lowest BCUT2D eigenvalue weighted by Crippen LogP contribution is -2.50. The van der Waals surface area contributed by atoms with E-state index in [1.54, 1.807) is 7.11 Å². The predicted octanol–water partition coefficient (Wildman–Crippen LogP) is 3.49. The Morgan fingerprint density at radius 1 is 1.03 bits per heavy atom. The molecule has 2 heterocycles. The van der Waals surface area contributed by atoms with Gasteiger partial charge in [-0.25, -0.2) is 0 Å². The number of piperidine rings is 2. The Morgan fingerprint density at radius 3 is 2.31 bits per heavy atom. The predicted molar refractivity (Wildman–Crippen MR) is 145 cm³/mol. The number of rotatable bonds is 9. The number of hydrogen-bond acceptors (Lipinski definition) is 4. The Morgan fingerprint density at radius 2 is 1.69 bits per heavy atom. The van der Waals surface area contributed by atoms with Gasteiger partial charge < -0.3 is 20.3 Å². The lowest BCUT2D eigenvalue weighted by Gasteiger charge is -2.34. The summed E-state index contributed by atoms with van der Waals surface area (Å²) in [4.78, 5) is 9.62. The van der Waals surface area contributed by atoms with Gasteiger partial charge in [-0.15, -0.1) is 24.0 Å². The molecule has 0 aromatic heterocycles. The fourth-order valence-corrected chi connectivity index (χ4v) is 4.66. The molecule has 32 heavy (non-hydrogen) atoms. The van der Waals surface area contributed by atoms with E-state index in [0.29, 0.717) is 6.04 Å². The SMILES string of the molecule is CN=C(NCC1CCN(Cc2ccc(C)cc2)CC1)NC1CCN(CCCOC)CC1.I. The van der Waals surface area contributed by atoms with E-state index in [4.69, 9.17) is 4.74 Å². The number of hydrogen-bond donors (Lipinski definition) is 2. The third kappa shape index (κ3) is 9.53. The first-order valence-electron chi connectivity index (χ1n) is 12.1. The number of benzene rings is 1. The quantitative estimate of drug-likeness (QED) is 0.211. The highest BCUT2D eigenvalue weighted by atomic mass is 127. The van der Waals surface area contributed by atoms with E-state index in [2.05, 4.69) is 56.6 Å². The average Bonchev–Trinajstić information content (AvgIpc) is 2.80. The number of ether oxygens (including phenoxy) is 1. The number of nitrogens with zero attached hydrogens (tertiary/aromatic N) is 3. The van der Waals surface area contributed by atoms with Crippen molar-refractivity contribution >= 4 is 29.9 Å². The molecule has 1 aromatic rings. The molecule has 0 amide bonds. The number of aryl methyl sites for hydroxylation is 1. The van der Waals surface area contributed by atoms with Gasteiger partial charge in [-0.3, -0.25) is 9.89 Å². The number of nitrogens with one attached hydrogen (secondary N) is 2. The Labute approximate surface area is 212 Å². The summed E-state index contributed by atoms with van der Waals surface area (Å²) in [6.07, 6.45) is 6.02. The van der Waals surface area contributed by atoms with Gasteiger partial charge >= 0.3 is 0 Å². The maximum atomic E-state index is 5.17. The van der Waals surface area contributed by atoms with Crippen LogP contribution in [0.1, 0.15) is 43.2 Å². The molecular weight excluding hydrogens is 513 g/mol. The van der Waals surface area contributed by atoms with Crippen LogP contribution >= 0.6 is 24.0 Å². The largest absolute Gasteiger partial charge is 0.385 e. The van der Waals surface area contributed by atoms with Gasteiger partial charge in [-0.05, 0) is 63.6 Å². The number of methoxy groups -OCH3 is 1. The van der Waals surface area contributed by atoms with E-state index in [-0.39, 0.29) is 24.0 Å². The first-order chi connectivity index (χ1) is 15.2. The highest BCUT2D eigenvalue weighted by Gasteiger charge is 2.22. The van der Waals surface area contributed by atoms with E-state index < -0.39 is 0 Å². The zero-order valence-electron chi connectivity index (χ0n) is 20.3. The van der Waals surface area contributed by atoms with Gasteiger partial charge in [0, 0.05) is 59.5 Å². The topological polar surface area (TPSA) is 52.1 Å². The van der Waals surface area contributed by atoms with Crippen molar-refractivity contribution in [3.8, 4) is 0 Å². The van der Waals surface area contributed by atoms with Gasteiger partial charge in [0.25, 0.3) is 0 Å². The molecule has 1 aromatic carbocycles. The van der Waals surface area contributed by atoms with E-state index in [0.717, 1.165) is 57.6 Å². The summed E-state index contributed by atoms with van der Waals surface area (Å²) in [5, 5.41) is 7.26. The van der Waals surface area contributed by atoms with Gasteiger partial charge in [0.1, 0.15) is 0 Å². The van der Waals surface area contributed by atoms with E-state index in [1.165, 1.54) is 49.9 Å². The first-order valence-corrected chi connectivity index (χ1v) is 12.1. The molecule has 2 N–H and O–H groups in total. The fourth-order valence-electron chi connectivity index (χ4n) is 4.66. The van der Waals surface area contributed by atoms with Crippen LogP contribution in [-0.2, 0) is 11.3 Å². The highest BCUT2D eigenvalue weighted by molar-refractivity contribution is 14.0. The van der Waals surface area contributed by atoms with Crippen molar-refractivity contribution in [1.82, 2.24) is 20.4 Å². The molecule has 2 aliphatic heterocycles. The van der Waals surface area contributed by atoms with Crippen LogP contribution < -0.4 is 10.6 Å². The van der Waals surface area contributed by atoms with Crippen molar-refractivity contribution in [3.63, 3.8) is 0 Å². The third-order valence-corrected chi connectivity index (χ3v) is 6.77. The van der Waals surface area contributed by atoms with Crippen molar-refractivity contribution in [3.05, 3.63) is 35.4 Å². The molecule has 2 saturated heterocycles. The molecule has 6 nitrogen and oxygen atoms in total. The highest BCUT2D eigenvalue weighted by Crippen LogP contribution is 2.19. The number of likely N-dealkylation sites (tertiary alicyclic amines) is 2. The number of aliphatic imine (C=N–C) groups is 1. The fraction of sp³-hybridized carbons (Fsp3) is 0.720. The van der Waals surface area contributed by atoms with Gasteiger partial charge in [-0.1, -0.05) is 29.8 Å². The maximum absolute atomic E-state index is 5.17. The van der Waals surface area contributed by atoms with Crippen molar-refractivity contribution in [2.24, 2.45) is 10.9 Å². The lowest BCUT2D eigenvalue weighted by molar-refractivity contribution is 0.155. The van der Waals surface area contributed by atoms with Crippen LogP contribution in [0.5, 0.6) is 0 Å². The van der Waals surface area contributed by atoms with Gasteiger partial charge in [0.2, 0.25) is 0 Å². The lowest BCUT2D eigenvalue weighted by atomic mass is 9.96. The van der Waals surface area contributed by atoms with Crippen molar-refractivity contribution in [2.75, 3.05) is 60.0 Å². The van der Waals surface area contributed by atoms with Crippen LogP contribution in [0.4, 0.5) is 0 Å². The van der Waals surface area contributed by atoms with Gasteiger partial charge in [0.05, 0.1) is 0 Å². The summed E-state index contributed by atoms with van der Waals surface area (Å²) >= 11 is 0. The summed E-state index contributed by atoms with van der Waals surface area (Å²) in [5.74, 6) is 1.70. The molecular formula is C25H44IN5O. The molecule has 7 heteroatoms. The summed E-state index contributed by atoms with van der Waals surface area (Å²) in [7, 11) is 3.67. The molecule has 2 fully saturated rings. The number of halogens is 1. The van der Waals surface area contributed by atoms with Crippen LogP contribution in [0, 0.1) is 12.8 Å². The van der Waals surface area contributed by atoms with E-state index in [1.807, 2.05) is 7.05 Å². The Kier molecular flexibility index (Phi) is 12.9. The van der Waals surface area contributed by atoms with E-state index >= 15 is 0 Å². The zero-order chi connectivity index (χ0) is 21.9. The Balaban J connectivity index is 0.00000363. The molecule has 0 radical (unpaired) electrons. The molecule has 0 bridgehead atoms. The van der Waals surface area contributed by atoms with Crippen molar-refractivity contribution in [2.45, 2.75) is 51.6 Å². The molecule has 3 rings (SSSR count). The summed E-state index contributed by atoms with van der Waals surface area (Å²) in [6.45, 7) is 11.0. The van der Waals surface area contributed by atoms with Crippen molar-refractivity contribution in [1.29, 1.82) is 0 Å². The Bertz CT molecular complexity index is 653. The second-order valence-electron chi connectivity index (χ2n) is 9.26. The Hall–Kier alpha value is -0.900. The van der Waals surface area contributed by atoms with Crippen LogP contribution in [-0.4, -0.2) is 81.8 Å². The number of guanidine groups is 1. The van der Waals surface area contributed by atoms with Crippen LogP contribution in [0.15, 0.2) is 29.3 Å². The monoisotopic (exact) mass is 557 g/mol. The second-order valence-corrected chi connectivity index (χ2v) is 9.26. The molecule has 0 spiro atoms. The average molecular weight is 558 g/mol. The van der Waals surface area contributed by atoms with Crippen molar-refractivity contribution < 1.29 is 4.74 Å². The minimum Gasteiger partial charge on any atom is -0.385 e. The molecule has 0 aliphatic carbocycles. The summed E-state index contributed by atoms with van der Waals surface area (Å²) in [6, 6.07) is 9.50. The van der Waals surface area contributed by atoms with Gasteiger partial charge in [-0.2, -0.15) is 0 Å². The smallest absolute Gasteiger partial charge is 0.191 e. The minimum absolute atomic E-state index is 0. The molecule has 0 saturated carbocycles. The van der Waals surface area contributed by atoms with Gasteiger partial charge in [0.15, 0.2) is 5.96 Å². The normalized spacial score (nSPS) is 19.5. The molecule has 2 aliphatic rings. The molecule has 0 unspecified atom stereocenters. The van der Waals surface area contributed by atoms with Crippen LogP contribution in [0.3, 0.4) is 0 Å². The molecule has 182 valence electrons. The standard InChI is InChI=1S/C25H43N5O.HI/c1-21-5-7-23(8-6-21)20-30-14-9-22(10-15-30)19-27-25(26-2)28-24-11-16-29(17-12-24)13-4-18-31-3;/h5-8,22,24H,4,9-20H2,1-3H3,(H2,26,27,28);1H. The van der Waals surface area contributed by atoms with E-state index in [9.17, 15) is 0 Å². The third-order valence-electron chi connectivity index (χ3n) is 6.77. The minimum atomic E-state index is 0. The second kappa shape index (κ2) is 15.1.